The van der Waals surface area contributed by atoms with Crippen molar-refractivity contribution in [2.24, 2.45) is 0 Å². The Morgan fingerprint density at radius 3 is 2.95 bits per heavy atom. The number of aryl methyl sites for hydroxylation is 1. The summed E-state index contributed by atoms with van der Waals surface area (Å²) in [6.45, 7) is 3.30. The van der Waals surface area contributed by atoms with E-state index in [1.807, 2.05) is 10.7 Å². The Kier molecular flexibility index (Phi) is 4.19. The van der Waals surface area contributed by atoms with E-state index in [2.05, 4.69) is 17.3 Å². The van der Waals surface area contributed by atoms with E-state index in [1.54, 1.807) is 6.20 Å². The summed E-state index contributed by atoms with van der Waals surface area (Å²) in [4.78, 5) is 10.4. The summed E-state index contributed by atoms with van der Waals surface area (Å²) in [7, 11) is 0. The molecule has 0 bridgehead atoms. The fourth-order valence-corrected chi connectivity index (χ4v) is 1.93. The van der Waals surface area contributed by atoms with Gasteiger partial charge in [-0.2, -0.15) is 5.10 Å². The molecule has 2 aromatic rings. The maximum absolute atomic E-state index is 10.9. The van der Waals surface area contributed by atoms with Gasteiger partial charge in [0.05, 0.1) is 23.2 Å². The molecule has 7 heteroatoms. The van der Waals surface area contributed by atoms with Crippen molar-refractivity contribution in [1.29, 1.82) is 0 Å². The van der Waals surface area contributed by atoms with Crippen LogP contribution in [-0.4, -0.2) is 19.8 Å². The van der Waals surface area contributed by atoms with Gasteiger partial charge in [-0.25, -0.2) is 0 Å². The Hall–Kier alpha value is -2.57. The van der Waals surface area contributed by atoms with Gasteiger partial charge in [0.15, 0.2) is 0 Å². The lowest BCUT2D eigenvalue weighted by molar-refractivity contribution is -0.384. The summed E-state index contributed by atoms with van der Waals surface area (Å²) in [5, 5.41) is 27.5. The van der Waals surface area contributed by atoms with Crippen molar-refractivity contribution in [2.45, 2.75) is 26.4 Å². The van der Waals surface area contributed by atoms with Crippen molar-refractivity contribution < 1.29 is 10.0 Å². The molecule has 0 fully saturated rings. The predicted molar refractivity (Wildman–Crippen MR) is 74.6 cm³/mol. The van der Waals surface area contributed by atoms with Gasteiger partial charge in [0, 0.05) is 12.7 Å². The highest BCUT2D eigenvalue weighted by Gasteiger charge is 2.14. The van der Waals surface area contributed by atoms with Crippen molar-refractivity contribution in [3.05, 3.63) is 46.3 Å². The SMILES string of the molecule is CCCn1nccc1CNc1ccc(O)cc1[N+](=O)[O-]. The van der Waals surface area contributed by atoms with Crippen LogP contribution >= 0.6 is 0 Å². The average molecular weight is 276 g/mol. The molecule has 0 aliphatic carbocycles. The molecule has 1 aromatic heterocycles. The van der Waals surface area contributed by atoms with Crippen LogP contribution in [0.2, 0.25) is 0 Å². The molecular weight excluding hydrogens is 260 g/mol. The van der Waals surface area contributed by atoms with E-state index in [4.69, 9.17) is 0 Å². The Balaban J connectivity index is 2.14. The fraction of sp³-hybridized carbons (Fsp3) is 0.308. The van der Waals surface area contributed by atoms with E-state index >= 15 is 0 Å². The van der Waals surface area contributed by atoms with E-state index < -0.39 is 4.92 Å². The van der Waals surface area contributed by atoms with Crippen LogP contribution in [-0.2, 0) is 13.1 Å². The number of rotatable bonds is 6. The van der Waals surface area contributed by atoms with E-state index in [0.29, 0.717) is 12.2 Å². The first kappa shape index (κ1) is 13.9. The van der Waals surface area contributed by atoms with E-state index in [9.17, 15) is 15.2 Å². The lowest BCUT2D eigenvalue weighted by Gasteiger charge is -2.09. The second-order valence-corrected chi connectivity index (χ2v) is 4.36. The number of phenolic OH excluding ortho intramolecular Hbond substituents is 1. The first-order chi connectivity index (χ1) is 9.61. The molecule has 0 unspecified atom stereocenters. The maximum Gasteiger partial charge on any atom is 0.296 e. The number of nitrogens with zero attached hydrogens (tertiary/aromatic N) is 3. The van der Waals surface area contributed by atoms with Crippen molar-refractivity contribution >= 4 is 11.4 Å². The van der Waals surface area contributed by atoms with Gasteiger partial charge in [-0.1, -0.05) is 6.92 Å². The molecule has 2 rings (SSSR count). The van der Waals surface area contributed by atoms with Gasteiger partial charge in [-0.3, -0.25) is 14.8 Å². The van der Waals surface area contributed by atoms with Crippen molar-refractivity contribution in [1.82, 2.24) is 9.78 Å². The number of nitro benzene ring substituents is 1. The number of aromatic hydroxyl groups is 1. The zero-order valence-electron chi connectivity index (χ0n) is 11.1. The lowest BCUT2D eigenvalue weighted by atomic mass is 10.2. The van der Waals surface area contributed by atoms with Crippen LogP contribution in [0.4, 0.5) is 11.4 Å². The second-order valence-electron chi connectivity index (χ2n) is 4.36. The zero-order valence-corrected chi connectivity index (χ0v) is 11.1. The number of phenols is 1. The van der Waals surface area contributed by atoms with Gasteiger partial charge in [-0.15, -0.1) is 0 Å². The Morgan fingerprint density at radius 2 is 2.25 bits per heavy atom. The minimum atomic E-state index is -0.522. The number of hydrogen-bond donors (Lipinski definition) is 2. The first-order valence-electron chi connectivity index (χ1n) is 6.33. The van der Waals surface area contributed by atoms with Crippen LogP contribution in [0.5, 0.6) is 5.75 Å². The molecule has 0 aliphatic heterocycles. The van der Waals surface area contributed by atoms with Crippen molar-refractivity contribution in [2.75, 3.05) is 5.32 Å². The number of anilines is 1. The molecule has 1 aromatic carbocycles. The molecular formula is C13H16N4O3. The molecule has 0 amide bonds. The Morgan fingerprint density at radius 1 is 1.45 bits per heavy atom. The third kappa shape index (κ3) is 3.05. The Labute approximate surface area is 116 Å². The van der Waals surface area contributed by atoms with Gasteiger partial charge in [0.1, 0.15) is 11.4 Å². The summed E-state index contributed by atoms with van der Waals surface area (Å²) in [5.74, 6) is -0.127. The van der Waals surface area contributed by atoms with Crippen LogP contribution in [0.15, 0.2) is 30.5 Å². The minimum Gasteiger partial charge on any atom is -0.508 e. The van der Waals surface area contributed by atoms with E-state index in [0.717, 1.165) is 24.7 Å². The number of aromatic nitrogens is 2. The molecule has 20 heavy (non-hydrogen) atoms. The quantitative estimate of drug-likeness (QED) is 0.480. The molecule has 0 saturated carbocycles. The van der Waals surface area contributed by atoms with Crippen LogP contribution < -0.4 is 5.32 Å². The average Bonchev–Trinajstić information content (AvgIpc) is 2.85. The minimum absolute atomic E-state index is 0.127. The standard InChI is InChI=1S/C13H16N4O3/c1-2-7-16-10(5-6-15-16)9-14-12-4-3-11(18)8-13(12)17(19)20/h3-6,8,14,18H,2,7,9H2,1H3. The Bertz CT molecular complexity index is 609. The highest BCUT2D eigenvalue weighted by molar-refractivity contribution is 5.63. The zero-order chi connectivity index (χ0) is 14.5. The summed E-state index contributed by atoms with van der Waals surface area (Å²) in [6.07, 6.45) is 2.67. The van der Waals surface area contributed by atoms with Crippen LogP contribution in [0.1, 0.15) is 19.0 Å². The molecule has 0 atom stereocenters. The highest BCUT2D eigenvalue weighted by atomic mass is 16.6. The highest BCUT2D eigenvalue weighted by Crippen LogP contribution is 2.28. The summed E-state index contributed by atoms with van der Waals surface area (Å²) < 4.78 is 1.86. The van der Waals surface area contributed by atoms with Crippen molar-refractivity contribution in [3.63, 3.8) is 0 Å². The smallest absolute Gasteiger partial charge is 0.296 e. The van der Waals surface area contributed by atoms with Gasteiger partial charge >= 0.3 is 0 Å². The first-order valence-corrected chi connectivity index (χ1v) is 6.33. The topological polar surface area (TPSA) is 93.2 Å². The molecule has 1 heterocycles. The fourth-order valence-electron chi connectivity index (χ4n) is 1.93. The van der Waals surface area contributed by atoms with Gasteiger partial charge in [-0.05, 0) is 24.6 Å². The molecule has 0 aliphatic rings. The summed E-state index contributed by atoms with van der Waals surface area (Å²) >= 11 is 0. The third-order valence-corrected chi connectivity index (χ3v) is 2.88. The number of nitro groups is 1. The van der Waals surface area contributed by atoms with Crippen molar-refractivity contribution in [3.8, 4) is 5.75 Å². The van der Waals surface area contributed by atoms with Gasteiger partial charge in [0.2, 0.25) is 0 Å². The van der Waals surface area contributed by atoms with Crippen LogP contribution in [0.3, 0.4) is 0 Å². The largest absolute Gasteiger partial charge is 0.508 e. The predicted octanol–water partition coefficient (Wildman–Crippen LogP) is 2.52. The van der Waals surface area contributed by atoms with E-state index in [-0.39, 0.29) is 11.4 Å². The molecule has 7 nitrogen and oxygen atoms in total. The molecule has 0 spiro atoms. The molecule has 0 saturated heterocycles. The number of hydrogen-bond acceptors (Lipinski definition) is 5. The number of benzene rings is 1. The van der Waals surface area contributed by atoms with Crippen LogP contribution in [0, 0.1) is 10.1 Å². The number of nitrogens with one attached hydrogen (secondary N) is 1. The van der Waals surface area contributed by atoms with Gasteiger partial charge in [0.25, 0.3) is 5.69 Å². The van der Waals surface area contributed by atoms with E-state index in [1.165, 1.54) is 12.1 Å². The summed E-state index contributed by atoms with van der Waals surface area (Å²) in [6, 6.07) is 5.91. The normalized spacial score (nSPS) is 10.4. The maximum atomic E-state index is 10.9. The monoisotopic (exact) mass is 276 g/mol. The molecule has 2 N–H and O–H groups in total. The van der Waals surface area contributed by atoms with Gasteiger partial charge < -0.3 is 10.4 Å². The summed E-state index contributed by atoms with van der Waals surface area (Å²) in [5.41, 5.74) is 1.18. The van der Waals surface area contributed by atoms with Crippen LogP contribution in [0.25, 0.3) is 0 Å². The molecule has 0 radical (unpaired) electrons. The third-order valence-electron chi connectivity index (χ3n) is 2.88. The second kappa shape index (κ2) is 6.05. The molecule has 106 valence electrons. The lowest BCUT2D eigenvalue weighted by Crippen LogP contribution is -2.09.